The molecule has 0 radical (unpaired) electrons. The Labute approximate surface area is 106 Å². The van der Waals surface area contributed by atoms with Gasteiger partial charge in [-0.05, 0) is 6.42 Å². The van der Waals surface area contributed by atoms with E-state index in [-0.39, 0.29) is 13.1 Å². The number of nitrogens with zero attached hydrogens (tertiary/aromatic N) is 1. The summed E-state index contributed by atoms with van der Waals surface area (Å²) in [5.74, 6) is -9.68. The molecule has 1 aromatic rings. The molecule has 2 nitrogen and oxygen atoms in total. The number of halogens is 5. The van der Waals surface area contributed by atoms with Crippen LogP contribution >= 0.6 is 0 Å². The first kappa shape index (κ1) is 14.2. The summed E-state index contributed by atoms with van der Waals surface area (Å²) in [6, 6.07) is 0. The van der Waals surface area contributed by atoms with Gasteiger partial charge in [0.15, 0.2) is 23.3 Å². The van der Waals surface area contributed by atoms with Gasteiger partial charge in [0, 0.05) is 25.2 Å². The van der Waals surface area contributed by atoms with E-state index < -0.39 is 46.8 Å². The molecule has 19 heavy (non-hydrogen) atoms. The van der Waals surface area contributed by atoms with E-state index in [0.29, 0.717) is 6.42 Å². The zero-order valence-corrected chi connectivity index (χ0v) is 10.1. The second-order valence-corrected chi connectivity index (χ2v) is 4.77. The van der Waals surface area contributed by atoms with Crippen LogP contribution in [0.4, 0.5) is 22.0 Å². The van der Waals surface area contributed by atoms with Gasteiger partial charge in [0.05, 0.1) is 5.60 Å². The molecular formula is C12H12F5NO. The van der Waals surface area contributed by atoms with Crippen LogP contribution in [0.25, 0.3) is 0 Å². The summed E-state index contributed by atoms with van der Waals surface area (Å²) < 4.78 is 65.5. The quantitative estimate of drug-likeness (QED) is 0.522. The molecule has 0 aromatic heterocycles. The number of benzene rings is 1. The van der Waals surface area contributed by atoms with E-state index in [1.54, 1.807) is 6.92 Å². The minimum atomic E-state index is -2.16. The van der Waals surface area contributed by atoms with E-state index >= 15 is 0 Å². The van der Waals surface area contributed by atoms with Crippen molar-refractivity contribution in [2.75, 3.05) is 13.1 Å². The van der Waals surface area contributed by atoms with Crippen LogP contribution in [0.5, 0.6) is 0 Å². The number of β-amino-alcohol motifs (C(OH)–C–C–N with tert-alkyl or cyclic N) is 1. The zero-order valence-electron chi connectivity index (χ0n) is 10.1. The molecule has 0 aliphatic carbocycles. The third kappa shape index (κ3) is 2.32. The SMILES string of the molecule is CCC1(O)CN(Cc2c(F)c(F)c(F)c(F)c2F)C1. The fourth-order valence-corrected chi connectivity index (χ4v) is 2.13. The molecule has 1 saturated heterocycles. The van der Waals surface area contributed by atoms with Crippen LogP contribution in [-0.4, -0.2) is 28.7 Å². The molecule has 1 fully saturated rings. The van der Waals surface area contributed by atoms with Gasteiger partial charge in [0.2, 0.25) is 5.82 Å². The predicted molar refractivity (Wildman–Crippen MR) is 56.7 cm³/mol. The first-order valence-electron chi connectivity index (χ1n) is 5.74. The van der Waals surface area contributed by atoms with E-state index in [0.717, 1.165) is 0 Å². The number of hydrogen-bond donors (Lipinski definition) is 1. The van der Waals surface area contributed by atoms with Gasteiger partial charge in [-0.15, -0.1) is 0 Å². The van der Waals surface area contributed by atoms with Crippen LogP contribution in [-0.2, 0) is 6.54 Å². The molecule has 0 spiro atoms. The van der Waals surface area contributed by atoms with Gasteiger partial charge >= 0.3 is 0 Å². The first-order valence-corrected chi connectivity index (χ1v) is 5.74. The third-order valence-electron chi connectivity index (χ3n) is 3.38. The molecule has 1 aliphatic rings. The minimum absolute atomic E-state index is 0.142. The lowest BCUT2D eigenvalue weighted by Gasteiger charge is -2.46. The second kappa shape index (κ2) is 4.72. The maximum absolute atomic E-state index is 13.4. The van der Waals surface area contributed by atoms with Crippen LogP contribution in [0.3, 0.4) is 0 Å². The topological polar surface area (TPSA) is 23.5 Å². The fraction of sp³-hybridized carbons (Fsp3) is 0.500. The van der Waals surface area contributed by atoms with Gasteiger partial charge in [-0.2, -0.15) is 0 Å². The summed E-state index contributed by atoms with van der Waals surface area (Å²) >= 11 is 0. The fourth-order valence-electron chi connectivity index (χ4n) is 2.13. The summed E-state index contributed by atoms with van der Waals surface area (Å²) in [5.41, 5.74) is -1.81. The normalized spacial score (nSPS) is 18.5. The highest BCUT2D eigenvalue weighted by atomic mass is 19.2. The standard InChI is InChI=1S/C12H12F5NO/c1-2-12(19)4-18(5-12)3-6-7(13)9(15)11(17)10(16)8(6)14/h19H,2-5H2,1H3. The number of aliphatic hydroxyl groups is 1. The van der Waals surface area contributed by atoms with Gasteiger partial charge in [0.1, 0.15) is 0 Å². The average molecular weight is 281 g/mol. The lowest BCUT2D eigenvalue weighted by Crippen LogP contribution is -2.60. The summed E-state index contributed by atoms with van der Waals surface area (Å²) in [5, 5.41) is 9.72. The van der Waals surface area contributed by atoms with Crippen molar-refractivity contribution in [1.29, 1.82) is 0 Å². The largest absolute Gasteiger partial charge is 0.387 e. The zero-order chi connectivity index (χ0) is 14.4. The Morgan fingerprint density at radius 2 is 1.37 bits per heavy atom. The Hall–Kier alpha value is -1.21. The summed E-state index contributed by atoms with van der Waals surface area (Å²) in [6.07, 6.45) is 0.459. The summed E-state index contributed by atoms with van der Waals surface area (Å²) in [6.45, 7) is 1.61. The molecule has 2 rings (SSSR count). The smallest absolute Gasteiger partial charge is 0.200 e. The number of rotatable bonds is 3. The van der Waals surface area contributed by atoms with Crippen molar-refractivity contribution < 1.29 is 27.1 Å². The van der Waals surface area contributed by atoms with Gasteiger partial charge in [0.25, 0.3) is 0 Å². The lowest BCUT2D eigenvalue weighted by molar-refractivity contribution is -0.104. The first-order chi connectivity index (χ1) is 8.79. The van der Waals surface area contributed by atoms with Crippen LogP contribution in [0, 0.1) is 29.1 Å². The number of hydrogen-bond acceptors (Lipinski definition) is 2. The molecule has 1 aliphatic heterocycles. The Balaban J connectivity index is 2.23. The predicted octanol–water partition coefficient (Wildman–Crippen LogP) is 2.34. The molecule has 0 atom stereocenters. The van der Waals surface area contributed by atoms with Crippen molar-refractivity contribution in [3.05, 3.63) is 34.6 Å². The molecule has 0 amide bonds. The maximum Gasteiger partial charge on any atom is 0.200 e. The molecule has 7 heteroatoms. The van der Waals surface area contributed by atoms with Gasteiger partial charge in [-0.1, -0.05) is 6.92 Å². The van der Waals surface area contributed by atoms with E-state index in [4.69, 9.17) is 0 Å². The van der Waals surface area contributed by atoms with Gasteiger partial charge in [-0.25, -0.2) is 22.0 Å². The van der Waals surface area contributed by atoms with Crippen molar-refractivity contribution in [3.8, 4) is 0 Å². The third-order valence-corrected chi connectivity index (χ3v) is 3.38. The average Bonchev–Trinajstić information content (AvgIpc) is 2.36. The highest BCUT2D eigenvalue weighted by Crippen LogP contribution is 2.29. The highest BCUT2D eigenvalue weighted by Gasteiger charge is 2.40. The Morgan fingerprint density at radius 1 is 0.947 bits per heavy atom. The van der Waals surface area contributed by atoms with E-state index in [1.165, 1.54) is 4.90 Å². The maximum atomic E-state index is 13.4. The molecular weight excluding hydrogens is 269 g/mol. The van der Waals surface area contributed by atoms with Crippen LogP contribution < -0.4 is 0 Å². The van der Waals surface area contributed by atoms with Crippen molar-refractivity contribution in [3.63, 3.8) is 0 Å². The van der Waals surface area contributed by atoms with Crippen molar-refractivity contribution >= 4 is 0 Å². The number of likely N-dealkylation sites (tertiary alicyclic amines) is 1. The molecule has 1 heterocycles. The Bertz CT molecular complexity index is 484. The van der Waals surface area contributed by atoms with E-state index in [2.05, 4.69) is 0 Å². The molecule has 1 N–H and O–H groups in total. The minimum Gasteiger partial charge on any atom is -0.387 e. The lowest BCUT2D eigenvalue weighted by atomic mass is 9.91. The van der Waals surface area contributed by atoms with E-state index in [1.807, 2.05) is 0 Å². The Morgan fingerprint density at radius 3 is 1.79 bits per heavy atom. The monoisotopic (exact) mass is 281 g/mol. The van der Waals surface area contributed by atoms with Crippen molar-refractivity contribution in [2.24, 2.45) is 0 Å². The molecule has 106 valence electrons. The van der Waals surface area contributed by atoms with Crippen LogP contribution in [0.2, 0.25) is 0 Å². The van der Waals surface area contributed by atoms with Crippen molar-refractivity contribution in [1.82, 2.24) is 4.90 Å². The van der Waals surface area contributed by atoms with Gasteiger partial charge < -0.3 is 5.11 Å². The van der Waals surface area contributed by atoms with Crippen LogP contribution in [0.1, 0.15) is 18.9 Å². The molecule has 0 saturated carbocycles. The summed E-state index contributed by atoms with van der Waals surface area (Å²) in [4.78, 5) is 1.42. The van der Waals surface area contributed by atoms with Crippen molar-refractivity contribution in [2.45, 2.75) is 25.5 Å². The van der Waals surface area contributed by atoms with Crippen LogP contribution in [0.15, 0.2) is 0 Å². The van der Waals surface area contributed by atoms with Gasteiger partial charge in [-0.3, -0.25) is 4.90 Å². The summed E-state index contributed by atoms with van der Waals surface area (Å²) in [7, 11) is 0. The molecule has 0 bridgehead atoms. The second-order valence-electron chi connectivity index (χ2n) is 4.77. The Kier molecular flexibility index (Phi) is 3.53. The van der Waals surface area contributed by atoms with E-state index in [9.17, 15) is 27.1 Å². The molecule has 1 aromatic carbocycles. The molecule has 0 unspecified atom stereocenters. The highest BCUT2D eigenvalue weighted by molar-refractivity contribution is 5.24.